The summed E-state index contributed by atoms with van der Waals surface area (Å²) in [6.07, 6.45) is 7.80. The number of allylic oxidation sites excluding steroid dienone is 1. The van der Waals surface area contributed by atoms with Crippen LogP contribution < -0.4 is 5.73 Å². The minimum absolute atomic E-state index is 0.163. The van der Waals surface area contributed by atoms with E-state index in [1.807, 2.05) is 61.8 Å². The Morgan fingerprint density at radius 2 is 1.79 bits per heavy atom. The molecule has 0 spiro atoms. The van der Waals surface area contributed by atoms with E-state index in [0.717, 1.165) is 47.2 Å². The van der Waals surface area contributed by atoms with Crippen LogP contribution in [0.25, 0.3) is 28.2 Å². The highest BCUT2D eigenvalue weighted by Gasteiger charge is 2.37. The third-order valence-electron chi connectivity index (χ3n) is 7.53. The maximum Gasteiger partial charge on any atom is 0.233 e. The topological polar surface area (TPSA) is 130 Å². The fourth-order valence-corrected chi connectivity index (χ4v) is 4.54. The Labute approximate surface area is 229 Å². The largest absolute Gasteiger partial charge is 0.395 e. The van der Waals surface area contributed by atoms with Crippen LogP contribution in [-0.2, 0) is 4.79 Å². The minimum Gasteiger partial charge on any atom is -0.395 e. The molecule has 0 atom stereocenters. The average Bonchev–Trinajstić information content (AvgIpc) is 3.43. The average molecular weight is 531 g/mol. The molecule has 0 radical (unpaired) electrons. The van der Waals surface area contributed by atoms with E-state index in [2.05, 4.69) is 17.0 Å². The first-order valence-electron chi connectivity index (χ1n) is 13.4. The van der Waals surface area contributed by atoms with Gasteiger partial charge in [0.2, 0.25) is 5.91 Å². The van der Waals surface area contributed by atoms with Crippen LogP contribution in [0, 0.1) is 11.3 Å². The van der Waals surface area contributed by atoms with Gasteiger partial charge in [0.25, 0.3) is 0 Å². The van der Waals surface area contributed by atoms with E-state index < -0.39 is 5.41 Å². The standard InChI is InChI=1S/C30H38N6O3/c1-4-21(2)27(31)36-28(33-16-22-12-14-35(15-13-22)29(39)30(3,19-37)20-38)25(18-34-36)24-10-11-26(32-17-24)23-8-6-5-7-9-23/h5-11,16-18,22,37-38H,4,12-15,19-20,31H2,1-3H3/b27-21+,33-16?. The van der Waals surface area contributed by atoms with Crippen molar-refractivity contribution in [2.75, 3.05) is 26.3 Å². The second-order valence-corrected chi connectivity index (χ2v) is 10.4. The number of benzene rings is 1. The maximum atomic E-state index is 12.8. The predicted octanol–water partition coefficient (Wildman–Crippen LogP) is 4.10. The van der Waals surface area contributed by atoms with Gasteiger partial charge in [-0.2, -0.15) is 9.78 Å². The van der Waals surface area contributed by atoms with Gasteiger partial charge in [0, 0.05) is 42.2 Å². The Hall–Kier alpha value is -3.82. The lowest BCUT2D eigenvalue weighted by Crippen LogP contribution is -2.49. The molecule has 206 valence electrons. The molecule has 1 aliphatic rings. The summed E-state index contributed by atoms with van der Waals surface area (Å²) >= 11 is 0. The van der Waals surface area contributed by atoms with Crippen LogP contribution in [0.2, 0.25) is 0 Å². The lowest BCUT2D eigenvalue weighted by atomic mass is 9.89. The molecule has 0 saturated carbocycles. The van der Waals surface area contributed by atoms with Crippen molar-refractivity contribution in [3.8, 4) is 22.4 Å². The van der Waals surface area contributed by atoms with Crippen LogP contribution in [0.4, 0.5) is 5.82 Å². The van der Waals surface area contributed by atoms with Gasteiger partial charge in [-0.05, 0) is 50.7 Å². The minimum atomic E-state index is -1.16. The summed E-state index contributed by atoms with van der Waals surface area (Å²) < 4.78 is 1.68. The zero-order valence-corrected chi connectivity index (χ0v) is 22.9. The van der Waals surface area contributed by atoms with Gasteiger partial charge in [-0.1, -0.05) is 43.3 Å². The summed E-state index contributed by atoms with van der Waals surface area (Å²) in [6, 6.07) is 14.0. The quantitative estimate of drug-likeness (QED) is 0.357. The van der Waals surface area contributed by atoms with E-state index in [1.165, 1.54) is 0 Å². The molecule has 0 unspecified atom stereocenters. The first-order valence-corrected chi connectivity index (χ1v) is 13.4. The zero-order chi connectivity index (χ0) is 28.0. The van der Waals surface area contributed by atoms with E-state index >= 15 is 0 Å². The van der Waals surface area contributed by atoms with Crippen molar-refractivity contribution in [3.63, 3.8) is 0 Å². The van der Waals surface area contributed by atoms with Gasteiger partial charge in [0.15, 0.2) is 5.82 Å². The van der Waals surface area contributed by atoms with Crippen molar-refractivity contribution >= 4 is 23.8 Å². The molecule has 1 fully saturated rings. The summed E-state index contributed by atoms with van der Waals surface area (Å²) in [6.45, 7) is 5.93. The summed E-state index contributed by atoms with van der Waals surface area (Å²) in [4.78, 5) is 24.1. The van der Waals surface area contributed by atoms with Crippen LogP contribution in [0.5, 0.6) is 0 Å². The molecular formula is C30H38N6O3. The van der Waals surface area contributed by atoms with Crippen molar-refractivity contribution in [2.24, 2.45) is 22.1 Å². The van der Waals surface area contributed by atoms with Crippen molar-refractivity contribution in [1.82, 2.24) is 19.7 Å². The van der Waals surface area contributed by atoms with Crippen LogP contribution >= 0.6 is 0 Å². The van der Waals surface area contributed by atoms with E-state index in [-0.39, 0.29) is 25.0 Å². The number of rotatable bonds is 9. The van der Waals surface area contributed by atoms with E-state index in [1.54, 1.807) is 22.7 Å². The number of nitrogens with two attached hydrogens (primary N) is 1. The van der Waals surface area contributed by atoms with Crippen LogP contribution in [0.15, 0.2) is 65.4 Å². The van der Waals surface area contributed by atoms with Gasteiger partial charge in [0.1, 0.15) is 5.82 Å². The molecule has 1 amide bonds. The van der Waals surface area contributed by atoms with Crippen molar-refractivity contribution in [2.45, 2.75) is 40.0 Å². The summed E-state index contributed by atoms with van der Waals surface area (Å²) in [5, 5.41) is 23.8. The molecule has 2 aromatic heterocycles. The molecule has 1 aliphatic heterocycles. The number of aliphatic imine (C=N–C) groups is 1. The van der Waals surface area contributed by atoms with Gasteiger partial charge in [-0.3, -0.25) is 9.78 Å². The van der Waals surface area contributed by atoms with E-state index in [4.69, 9.17) is 10.7 Å². The van der Waals surface area contributed by atoms with Crippen molar-refractivity contribution in [3.05, 3.63) is 60.4 Å². The number of amides is 1. The molecule has 1 saturated heterocycles. The van der Waals surface area contributed by atoms with Crippen molar-refractivity contribution < 1.29 is 15.0 Å². The molecular weight excluding hydrogens is 492 g/mol. The first-order chi connectivity index (χ1) is 18.8. The molecule has 0 aliphatic carbocycles. The lowest BCUT2D eigenvalue weighted by Gasteiger charge is -2.36. The molecule has 3 aromatic rings. The SMILES string of the molecule is CC/C(C)=C(\N)n1ncc(-c2ccc(-c3ccccc3)nc2)c1N=CC1CCN(C(=O)C(C)(CO)CO)CC1. The molecule has 3 heterocycles. The van der Waals surface area contributed by atoms with Gasteiger partial charge in [-0.15, -0.1) is 0 Å². The van der Waals surface area contributed by atoms with Gasteiger partial charge >= 0.3 is 0 Å². The molecule has 1 aromatic carbocycles. The second-order valence-electron chi connectivity index (χ2n) is 10.4. The summed E-state index contributed by atoms with van der Waals surface area (Å²) in [7, 11) is 0. The number of likely N-dealkylation sites (tertiary alicyclic amines) is 1. The number of aliphatic hydroxyl groups excluding tert-OH is 2. The van der Waals surface area contributed by atoms with Gasteiger partial charge in [0.05, 0.1) is 30.5 Å². The van der Waals surface area contributed by atoms with Gasteiger partial charge in [-0.25, -0.2) is 4.99 Å². The fourth-order valence-electron chi connectivity index (χ4n) is 4.54. The number of hydrogen-bond donors (Lipinski definition) is 3. The Balaban J connectivity index is 1.58. The predicted molar refractivity (Wildman–Crippen MR) is 154 cm³/mol. The van der Waals surface area contributed by atoms with Crippen molar-refractivity contribution in [1.29, 1.82) is 0 Å². The molecule has 0 bridgehead atoms. The summed E-state index contributed by atoms with van der Waals surface area (Å²) in [5.74, 6) is 1.14. The zero-order valence-electron chi connectivity index (χ0n) is 22.9. The molecule has 9 heteroatoms. The lowest BCUT2D eigenvalue weighted by molar-refractivity contribution is -0.147. The Bertz CT molecular complexity index is 1320. The molecule has 4 N–H and O–H groups in total. The molecule has 39 heavy (non-hydrogen) atoms. The fraction of sp³-hybridized carbons (Fsp3) is 0.400. The summed E-state index contributed by atoms with van der Waals surface area (Å²) in [5.41, 5.74) is 9.99. The number of carbonyl (C=O) groups excluding carboxylic acids is 1. The normalized spacial score (nSPS) is 15.6. The van der Waals surface area contributed by atoms with Crippen LogP contribution in [0.1, 0.15) is 40.0 Å². The number of carbonyl (C=O) groups is 1. The maximum absolute atomic E-state index is 12.8. The first kappa shape index (κ1) is 28.2. The molecule has 4 rings (SSSR count). The number of hydrogen-bond acceptors (Lipinski definition) is 7. The highest BCUT2D eigenvalue weighted by molar-refractivity contribution is 5.83. The highest BCUT2D eigenvalue weighted by atomic mass is 16.3. The number of piperidine rings is 1. The highest BCUT2D eigenvalue weighted by Crippen LogP contribution is 2.33. The Morgan fingerprint density at radius 1 is 1.10 bits per heavy atom. The number of aliphatic hydroxyl groups is 2. The number of nitrogens with zero attached hydrogens (tertiary/aromatic N) is 5. The Morgan fingerprint density at radius 3 is 2.38 bits per heavy atom. The van der Waals surface area contributed by atoms with E-state index in [0.29, 0.717) is 24.7 Å². The number of aromatic nitrogens is 3. The van der Waals surface area contributed by atoms with Crippen LogP contribution in [-0.4, -0.2) is 68.3 Å². The monoisotopic (exact) mass is 530 g/mol. The third-order valence-corrected chi connectivity index (χ3v) is 7.53. The Kier molecular flexibility index (Phi) is 8.93. The third kappa shape index (κ3) is 6.10. The van der Waals surface area contributed by atoms with Gasteiger partial charge < -0.3 is 20.8 Å². The van der Waals surface area contributed by atoms with E-state index in [9.17, 15) is 15.0 Å². The smallest absolute Gasteiger partial charge is 0.233 e. The molecule has 9 nitrogen and oxygen atoms in total. The number of pyridine rings is 1. The second kappa shape index (κ2) is 12.4. The van der Waals surface area contributed by atoms with Crippen LogP contribution in [0.3, 0.4) is 0 Å².